The Morgan fingerprint density at radius 2 is 2.04 bits per heavy atom. The van der Waals surface area contributed by atoms with Crippen LogP contribution in [0.1, 0.15) is 63.3 Å². The minimum absolute atomic E-state index is 0.217. The van der Waals surface area contributed by atoms with Gasteiger partial charge in [-0.2, -0.15) is 0 Å². The van der Waals surface area contributed by atoms with Crippen molar-refractivity contribution in [2.75, 3.05) is 26.3 Å². The maximum absolute atomic E-state index is 12.3. The number of hydrogen-bond acceptors (Lipinski definition) is 5. The van der Waals surface area contributed by atoms with Crippen LogP contribution < -0.4 is 0 Å². The predicted octanol–water partition coefficient (Wildman–Crippen LogP) is 3.58. The van der Waals surface area contributed by atoms with Crippen LogP contribution in [0.5, 0.6) is 0 Å². The van der Waals surface area contributed by atoms with E-state index < -0.39 is 5.60 Å². The molecule has 0 aromatic carbocycles. The molecule has 7 heteroatoms. The number of rotatable bonds is 2. The van der Waals surface area contributed by atoms with Crippen LogP contribution in [0.3, 0.4) is 0 Å². The molecule has 0 bridgehead atoms. The molecule has 2 aromatic heterocycles. The van der Waals surface area contributed by atoms with Gasteiger partial charge in [0.25, 0.3) is 0 Å². The smallest absolute Gasteiger partial charge is 0.410 e. The predicted molar refractivity (Wildman–Crippen MR) is 102 cm³/mol. The third kappa shape index (κ3) is 3.93. The van der Waals surface area contributed by atoms with Gasteiger partial charge < -0.3 is 19.4 Å². The molecule has 1 unspecified atom stereocenters. The number of amides is 1. The zero-order valence-electron chi connectivity index (χ0n) is 16.3. The molecule has 2 aliphatic heterocycles. The summed E-state index contributed by atoms with van der Waals surface area (Å²) in [5, 5.41) is 0. The first-order valence-electron chi connectivity index (χ1n) is 9.81. The molecule has 7 nitrogen and oxygen atoms in total. The number of H-pyrrole nitrogens is 1. The number of nitrogens with zero attached hydrogens (tertiary/aromatic N) is 3. The van der Waals surface area contributed by atoms with Crippen LogP contribution in [0.15, 0.2) is 12.3 Å². The second kappa shape index (κ2) is 7.11. The average molecular weight is 372 g/mol. The molecule has 27 heavy (non-hydrogen) atoms. The fourth-order valence-electron chi connectivity index (χ4n) is 3.93. The minimum Gasteiger partial charge on any atom is -0.444 e. The Labute approximate surface area is 159 Å². The van der Waals surface area contributed by atoms with E-state index in [1.165, 1.54) is 5.56 Å². The van der Waals surface area contributed by atoms with Gasteiger partial charge >= 0.3 is 6.09 Å². The highest BCUT2D eigenvalue weighted by atomic mass is 16.6. The number of piperidine rings is 1. The van der Waals surface area contributed by atoms with Gasteiger partial charge in [0.1, 0.15) is 11.4 Å². The summed E-state index contributed by atoms with van der Waals surface area (Å²) >= 11 is 0. The molecule has 1 atom stereocenters. The van der Waals surface area contributed by atoms with Gasteiger partial charge in [0.05, 0.1) is 12.1 Å². The number of hydrogen-bond donors (Lipinski definition) is 1. The lowest BCUT2D eigenvalue weighted by atomic mass is 9.89. The Hall–Kier alpha value is -2.15. The van der Waals surface area contributed by atoms with Crippen LogP contribution in [0.25, 0.3) is 11.2 Å². The van der Waals surface area contributed by atoms with Crippen LogP contribution in [-0.2, 0) is 9.47 Å². The lowest BCUT2D eigenvalue weighted by Crippen LogP contribution is -2.41. The van der Waals surface area contributed by atoms with E-state index in [4.69, 9.17) is 14.5 Å². The average Bonchev–Trinajstić information content (AvgIpc) is 3.29. The van der Waals surface area contributed by atoms with Crippen molar-refractivity contribution in [3.05, 3.63) is 23.7 Å². The van der Waals surface area contributed by atoms with Gasteiger partial charge in [0.15, 0.2) is 5.65 Å². The first-order valence-corrected chi connectivity index (χ1v) is 9.81. The number of fused-ring (bicyclic) bond motifs is 1. The van der Waals surface area contributed by atoms with E-state index in [0.29, 0.717) is 24.9 Å². The quantitative estimate of drug-likeness (QED) is 0.871. The van der Waals surface area contributed by atoms with Crippen LogP contribution in [0, 0.1) is 0 Å². The second-order valence-electron chi connectivity index (χ2n) is 8.52. The van der Waals surface area contributed by atoms with Crippen molar-refractivity contribution < 1.29 is 14.3 Å². The van der Waals surface area contributed by atoms with Gasteiger partial charge in [-0.25, -0.2) is 14.8 Å². The number of likely N-dealkylation sites (tertiary alicyclic amines) is 1. The van der Waals surface area contributed by atoms with Gasteiger partial charge in [0, 0.05) is 31.8 Å². The molecule has 4 heterocycles. The molecule has 0 aliphatic carbocycles. The molecule has 1 N–H and O–H groups in total. The molecule has 2 saturated heterocycles. The molecule has 2 aromatic rings. The van der Waals surface area contributed by atoms with E-state index in [1.807, 2.05) is 31.9 Å². The monoisotopic (exact) mass is 372 g/mol. The summed E-state index contributed by atoms with van der Waals surface area (Å²) < 4.78 is 11.0. The van der Waals surface area contributed by atoms with Crippen molar-refractivity contribution in [3.8, 4) is 0 Å². The number of pyridine rings is 1. The van der Waals surface area contributed by atoms with E-state index in [9.17, 15) is 4.79 Å². The summed E-state index contributed by atoms with van der Waals surface area (Å²) in [6.45, 7) is 8.64. The van der Waals surface area contributed by atoms with E-state index in [0.717, 1.165) is 49.5 Å². The van der Waals surface area contributed by atoms with E-state index in [-0.39, 0.29) is 6.09 Å². The summed E-state index contributed by atoms with van der Waals surface area (Å²) in [5.74, 6) is 1.71. The maximum Gasteiger partial charge on any atom is 0.410 e. The third-order valence-corrected chi connectivity index (χ3v) is 5.35. The molecular formula is C20H28N4O3. The summed E-state index contributed by atoms with van der Waals surface area (Å²) in [6, 6.07) is 2.09. The van der Waals surface area contributed by atoms with Crippen molar-refractivity contribution >= 4 is 17.3 Å². The molecule has 2 aliphatic rings. The lowest BCUT2D eigenvalue weighted by molar-refractivity contribution is 0.0205. The molecule has 4 rings (SSSR count). The number of aromatic nitrogens is 3. The molecule has 0 saturated carbocycles. The van der Waals surface area contributed by atoms with E-state index in [2.05, 4.69) is 16.0 Å². The van der Waals surface area contributed by atoms with Crippen molar-refractivity contribution in [2.45, 2.75) is 57.5 Å². The number of nitrogens with one attached hydrogen (secondary N) is 1. The van der Waals surface area contributed by atoms with E-state index in [1.54, 1.807) is 0 Å². The summed E-state index contributed by atoms with van der Waals surface area (Å²) in [7, 11) is 0. The Morgan fingerprint density at radius 3 is 2.70 bits per heavy atom. The van der Waals surface area contributed by atoms with Crippen molar-refractivity contribution in [1.82, 2.24) is 19.9 Å². The maximum atomic E-state index is 12.3. The highest BCUT2D eigenvalue weighted by Gasteiger charge is 2.29. The fourth-order valence-corrected chi connectivity index (χ4v) is 3.93. The number of carbonyl (C=O) groups excluding carboxylic acids is 1. The summed E-state index contributed by atoms with van der Waals surface area (Å²) in [4.78, 5) is 26.8. The third-order valence-electron chi connectivity index (χ3n) is 5.35. The number of carbonyl (C=O) groups is 1. The highest BCUT2D eigenvalue weighted by Crippen LogP contribution is 2.33. The van der Waals surface area contributed by atoms with Gasteiger partial charge in [-0.05, 0) is 57.6 Å². The summed E-state index contributed by atoms with van der Waals surface area (Å²) in [6.07, 6.45) is 4.46. The molecule has 0 radical (unpaired) electrons. The van der Waals surface area contributed by atoms with Gasteiger partial charge in [-0.15, -0.1) is 0 Å². The molecule has 0 spiro atoms. The topological polar surface area (TPSA) is 80.3 Å². The molecular weight excluding hydrogens is 344 g/mol. The van der Waals surface area contributed by atoms with Gasteiger partial charge in [-0.3, -0.25) is 0 Å². The zero-order chi connectivity index (χ0) is 19.0. The first-order chi connectivity index (χ1) is 12.9. The standard InChI is InChI=1S/C20H28N4O3/c1-20(2,3)27-19(25)24-9-5-13(6-10-24)15-4-8-21-18-16(15)22-17(23-18)14-7-11-26-12-14/h4,8,13-14H,5-7,9-12H2,1-3H3,(H,21,22,23). The second-order valence-corrected chi connectivity index (χ2v) is 8.52. The van der Waals surface area contributed by atoms with Crippen LogP contribution in [0.2, 0.25) is 0 Å². The summed E-state index contributed by atoms with van der Waals surface area (Å²) in [5.41, 5.74) is 2.61. The van der Waals surface area contributed by atoms with E-state index >= 15 is 0 Å². The Bertz CT molecular complexity index is 812. The Kier molecular flexibility index (Phi) is 4.80. The largest absolute Gasteiger partial charge is 0.444 e. The number of ether oxygens (including phenoxy) is 2. The molecule has 2 fully saturated rings. The molecule has 146 valence electrons. The molecule has 1 amide bonds. The van der Waals surface area contributed by atoms with Gasteiger partial charge in [0.2, 0.25) is 0 Å². The van der Waals surface area contributed by atoms with Crippen LogP contribution in [-0.4, -0.2) is 57.8 Å². The minimum atomic E-state index is -0.457. The lowest BCUT2D eigenvalue weighted by Gasteiger charge is -2.33. The van der Waals surface area contributed by atoms with Crippen LogP contribution >= 0.6 is 0 Å². The van der Waals surface area contributed by atoms with Crippen LogP contribution in [0.4, 0.5) is 4.79 Å². The van der Waals surface area contributed by atoms with Crippen molar-refractivity contribution in [1.29, 1.82) is 0 Å². The van der Waals surface area contributed by atoms with Crippen molar-refractivity contribution in [2.24, 2.45) is 0 Å². The number of imidazole rings is 1. The Balaban J connectivity index is 1.48. The highest BCUT2D eigenvalue weighted by molar-refractivity contribution is 5.75. The zero-order valence-corrected chi connectivity index (χ0v) is 16.3. The van der Waals surface area contributed by atoms with Crippen molar-refractivity contribution in [3.63, 3.8) is 0 Å². The Morgan fingerprint density at radius 1 is 1.26 bits per heavy atom. The number of aromatic amines is 1. The normalized spacial score (nSPS) is 21.7. The van der Waals surface area contributed by atoms with Gasteiger partial charge in [-0.1, -0.05) is 0 Å². The first kappa shape index (κ1) is 18.2. The SMILES string of the molecule is CC(C)(C)OC(=O)N1CCC(c2ccnc3nc(C4CCOC4)[nH]c23)CC1. The fraction of sp³-hybridized carbons (Fsp3) is 0.650.